The summed E-state index contributed by atoms with van der Waals surface area (Å²) < 4.78 is 20.6. The molecule has 1 aromatic carbocycles. The van der Waals surface area contributed by atoms with Gasteiger partial charge in [-0.1, -0.05) is 19.6 Å². The summed E-state index contributed by atoms with van der Waals surface area (Å²) in [4.78, 5) is 55.4. The maximum atomic E-state index is 13.7. The Kier molecular flexibility index (Phi) is 8.67. The van der Waals surface area contributed by atoms with E-state index in [0.717, 1.165) is 29.5 Å². The molecule has 4 heterocycles. The number of carbonyl (C=O) groups is 3. The third-order valence-corrected chi connectivity index (χ3v) is 9.86. The summed E-state index contributed by atoms with van der Waals surface area (Å²) in [5.74, 6) is -0.102. The second-order valence-electron chi connectivity index (χ2n) is 13.9. The minimum atomic E-state index is -1.32. The number of aromatic nitrogens is 2. The maximum absolute atomic E-state index is 13.7. The smallest absolute Gasteiger partial charge is 0.410 e. The summed E-state index contributed by atoms with van der Waals surface area (Å²) >= 11 is 0. The number of imidazole rings is 1. The fourth-order valence-electron chi connectivity index (χ4n) is 5.84. The quantitative estimate of drug-likeness (QED) is 0.268. The number of anilines is 1. The first-order valence-corrected chi connectivity index (χ1v) is 19.0. The molecule has 5 rings (SSSR count). The lowest BCUT2D eigenvalue weighted by atomic mass is 10.0. The van der Waals surface area contributed by atoms with Crippen LogP contribution in [0, 0.1) is 0 Å². The van der Waals surface area contributed by atoms with Crippen LogP contribution >= 0.6 is 0 Å². The van der Waals surface area contributed by atoms with Gasteiger partial charge in [-0.2, -0.15) is 0 Å². The number of amides is 3. The molecule has 3 amide bonds. The Morgan fingerprint density at radius 2 is 1.79 bits per heavy atom. The lowest BCUT2D eigenvalue weighted by Gasteiger charge is -2.34. The van der Waals surface area contributed by atoms with E-state index >= 15 is 0 Å². The van der Waals surface area contributed by atoms with Gasteiger partial charge in [0.1, 0.15) is 30.5 Å². The van der Waals surface area contributed by atoms with Gasteiger partial charge in [-0.15, -0.1) is 0 Å². The highest BCUT2D eigenvalue weighted by Crippen LogP contribution is 2.38. The van der Waals surface area contributed by atoms with E-state index in [2.05, 4.69) is 25.0 Å². The molecule has 12 nitrogen and oxygen atoms in total. The van der Waals surface area contributed by atoms with Crippen LogP contribution in [0.3, 0.4) is 0 Å². The van der Waals surface area contributed by atoms with Crippen molar-refractivity contribution < 1.29 is 28.6 Å². The van der Waals surface area contributed by atoms with E-state index in [1.54, 1.807) is 9.47 Å². The first-order chi connectivity index (χ1) is 20.2. The van der Waals surface area contributed by atoms with Crippen molar-refractivity contribution in [2.75, 3.05) is 38.4 Å². The Balaban J connectivity index is 1.33. The van der Waals surface area contributed by atoms with Gasteiger partial charge in [0.25, 0.3) is 5.91 Å². The van der Waals surface area contributed by atoms with Gasteiger partial charge in [-0.25, -0.2) is 9.59 Å². The Morgan fingerprint density at radius 1 is 1.07 bits per heavy atom. The molecule has 0 aliphatic carbocycles. The number of piperidine rings is 2. The van der Waals surface area contributed by atoms with E-state index in [0.29, 0.717) is 49.6 Å². The Hall–Kier alpha value is -3.32. The van der Waals surface area contributed by atoms with Gasteiger partial charge in [-0.05, 0) is 58.2 Å². The molecule has 1 unspecified atom stereocenters. The van der Waals surface area contributed by atoms with Gasteiger partial charge in [0, 0.05) is 40.2 Å². The number of carbonyl (C=O) groups excluding carboxylic acids is 3. The second-order valence-corrected chi connectivity index (χ2v) is 19.5. The Labute approximate surface area is 253 Å². The van der Waals surface area contributed by atoms with Crippen LogP contribution in [0.15, 0.2) is 16.9 Å². The molecule has 1 aromatic heterocycles. The minimum absolute atomic E-state index is 0.0960. The molecule has 236 valence electrons. The molecular formula is C30H45N5O7Si. The van der Waals surface area contributed by atoms with Crippen molar-refractivity contribution in [1.82, 2.24) is 18.9 Å². The van der Waals surface area contributed by atoms with Crippen LogP contribution in [0.25, 0.3) is 11.0 Å². The van der Waals surface area contributed by atoms with Crippen molar-refractivity contribution >= 4 is 42.7 Å². The first kappa shape index (κ1) is 31.1. The number of nitrogens with one attached hydrogen (secondary N) is 1. The summed E-state index contributed by atoms with van der Waals surface area (Å²) in [6, 6.07) is 3.99. The van der Waals surface area contributed by atoms with E-state index < -0.39 is 25.6 Å². The largest absolute Gasteiger partial charge is 0.487 e. The average Bonchev–Trinajstić information content (AvgIpc) is 3.21. The number of rotatable bonds is 8. The number of hydrogen-bond donors (Lipinski definition) is 1. The van der Waals surface area contributed by atoms with Crippen molar-refractivity contribution in [2.45, 2.75) is 96.4 Å². The SMILES string of the molecule is CC(C)(C)OC(=O)N1CCC(Nc2ccc3c4c2OCCn4c(=O)n3C2CCC(=O)N(COCC[Si](C)(C)C)C2=O)CC1. The van der Waals surface area contributed by atoms with E-state index in [4.69, 9.17) is 14.2 Å². The van der Waals surface area contributed by atoms with Gasteiger partial charge in [-0.3, -0.25) is 23.6 Å². The lowest BCUT2D eigenvalue weighted by molar-refractivity contribution is -0.157. The van der Waals surface area contributed by atoms with E-state index in [1.165, 1.54) is 4.57 Å². The highest BCUT2D eigenvalue weighted by Gasteiger charge is 2.39. The van der Waals surface area contributed by atoms with E-state index in [9.17, 15) is 19.2 Å². The van der Waals surface area contributed by atoms with Crippen LogP contribution in [0.5, 0.6) is 5.75 Å². The molecule has 0 spiro atoms. The summed E-state index contributed by atoms with van der Waals surface area (Å²) in [5.41, 5.74) is 1.21. The lowest BCUT2D eigenvalue weighted by Crippen LogP contribution is -2.48. The number of nitrogens with zero attached hydrogens (tertiary/aromatic N) is 4. The molecule has 0 bridgehead atoms. The third kappa shape index (κ3) is 6.77. The monoisotopic (exact) mass is 615 g/mol. The van der Waals surface area contributed by atoms with Crippen LogP contribution in [0.1, 0.15) is 52.5 Å². The second kappa shape index (κ2) is 12.0. The summed E-state index contributed by atoms with van der Waals surface area (Å²) in [6.45, 7) is 14.6. The van der Waals surface area contributed by atoms with Gasteiger partial charge >= 0.3 is 11.8 Å². The minimum Gasteiger partial charge on any atom is -0.487 e. The molecule has 1 atom stereocenters. The molecule has 0 radical (unpaired) electrons. The topological polar surface area (TPSA) is 124 Å². The molecule has 0 saturated carbocycles. The molecule has 2 aromatic rings. The zero-order chi connectivity index (χ0) is 31.1. The van der Waals surface area contributed by atoms with Crippen LogP contribution < -0.4 is 15.7 Å². The fourth-order valence-corrected chi connectivity index (χ4v) is 6.59. The van der Waals surface area contributed by atoms with Crippen LogP contribution in [-0.4, -0.2) is 89.6 Å². The zero-order valence-corrected chi connectivity index (χ0v) is 27.2. The summed E-state index contributed by atoms with van der Waals surface area (Å²) in [6.07, 6.45) is 1.61. The van der Waals surface area contributed by atoms with Crippen molar-refractivity contribution in [3.05, 3.63) is 22.6 Å². The molecule has 13 heteroatoms. The molecule has 2 saturated heterocycles. The Morgan fingerprint density at radius 3 is 2.47 bits per heavy atom. The van der Waals surface area contributed by atoms with Crippen molar-refractivity contribution in [1.29, 1.82) is 0 Å². The van der Waals surface area contributed by atoms with E-state index in [1.807, 2.05) is 32.9 Å². The number of hydrogen-bond acceptors (Lipinski definition) is 8. The molecule has 43 heavy (non-hydrogen) atoms. The molecule has 1 N–H and O–H groups in total. The van der Waals surface area contributed by atoms with Crippen LogP contribution in [0.4, 0.5) is 10.5 Å². The van der Waals surface area contributed by atoms with Crippen LogP contribution in [0.2, 0.25) is 25.7 Å². The summed E-state index contributed by atoms with van der Waals surface area (Å²) in [7, 11) is -1.32. The Bertz CT molecular complexity index is 1450. The number of likely N-dealkylation sites (tertiary alicyclic amines) is 2. The predicted octanol–water partition coefficient (Wildman–Crippen LogP) is 4.01. The summed E-state index contributed by atoms with van der Waals surface area (Å²) in [5, 5.41) is 3.57. The van der Waals surface area contributed by atoms with Gasteiger partial charge < -0.3 is 24.4 Å². The molecule has 3 aliphatic rings. The van der Waals surface area contributed by atoms with E-state index in [-0.39, 0.29) is 43.3 Å². The van der Waals surface area contributed by atoms with Gasteiger partial charge in [0.2, 0.25) is 5.91 Å². The number of ether oxygens (including phenoxy) is 3. The van der Waals surface area contributed by atoms with Gasteiger partial charge in [0.05, 0.1) is 17.7 Å². The van der Waals surface area contributed by atoms with Crippen molar-refractivity contribution in [3.8, 4) is 5.75 Å². The molecule has 3 aliphatic heterocycles. The first-order valence-electron chi connectivity index (χ1n) is 15.3. The number of imide groups is 1. The fraction of sp³-hybridized carbons (Fsp3) is 0.667. The number of benzene rings is 1. The van der Waals surface area contributed by atoms with Crippen LogP contribution in [-0.2, 0) is 25.6 Å². The predicted molar refractivity (Wildman–Crippen MR) is 165 cm³/mol. The highest BCUT2D eigenvalue weighted by molar-refractivity contribution is 6.76. The highest BCUT2D eigenvalue weighted by atomic mass is 28.3. The average molecular weight is 616 g/mol. The molecular weight excluding hydrogens is 570 g/mol. The normalized spacial score (nSPS) is 20.0. The van der Waals surface area contributed by atoms with Crippen molar-refractivity contribution in [2.24, 2.45) is 0 Å². The zero-order valence-electron chi connectivity index (χ0n) is 26.2. The van der Waals surface area contributed by atoms with Gasteiger partial charge in [0.15, 0.2) is 5.75 Å². The van der Waals surface area contributed by atoms with Crippen molar-refractivity contribution in [3.63, 3.8) is 0 Å². The third-order valence-electron chi connectivity index (χ3n) is 8.16. The molecule has 2 fully saturated rings. The maximum Gasteiger partial charge on any atom is 0.410 e. The standard InChI is InChI=1S/C30H45N5O7Si/c1-30(2,3)42-29(39)32-13-11-20(12-14-32)31-21-7-8-22-25-26(21)41-16-15-33(25)28(38)35(22)23-9-10-24(36)34(27(23)37)19-40-17-18-43(4,5)6/h7-8,20,23,31H,9-19H2,1-6H3.